The first-order chi connectivity index (χ1) is 20.4. The lowest BCUT2D eigenvalue weighted by Gasteiger charge is -2.50. The number of benzene rings is 3. The third kappa shape index (κ3) is 6.40. The summed E-state index contributed by atoms with van der Waals surface area (Å²) in [4.78, 5) is 22.0. The van der Waals surface area contributed by atoms with Gasteiger partial charge in [-0.1, -0.05) is 55.3 Å². The SMILES string of the molecule is [C-]#[N+]c1cccc(-c2ccc(C3(N(CC(=O)Nc4cc(F)cc(F)c4)CC4CC4)CCN(C4CCCC4)CC3)cc2)c1. The average molecular weight is 569 g/mol. The number of rotatable bonds is 9. The third-order valence-electron chi connectivity index (χ3n) is 9.46. The lowest BCUT2D eigenvalue weighted by molar-refractivity contribution is -0.120. The van der Waals surface area contributed by atoms with Crippen molar-refractivity contribution in [1.29, 1.82) is 0 Å². The van der Waals surface area contributed by atoms with Crippen molar-refractivity contribution in [2.24, 2.45) is 5.92 Å². The van der Waals surface area contributed by atoms with Gasteiger partial charge in [-0.25, -0.2) is 13.6 Å². The Morgan fingerprint density at radius 1 is 0.929 bits per heavy atom. The van der Waals surface area contributed by atoms with Gasteiger partial charge in [0.25, 0.3) is 0 Å². The molecule has 0 unspecified atom stereocenters. The predicted molar refractivity (Wildman–Crippen MR) is 162 cm³/mol. The molecule has 1 aliphatic heterocycles. The maximum Gasteiger partial charge on any atom is 0.238 e. The Hall–Kier alpha value is -3.60. The topological polar surface area (TPSA) is 39.9 Å². The maximum absolute atomic E-state index is 13.8. The summed E-state index contributed by atoms with van der Waals surface area (Å²) in [5.74, 6) is -1.12. The van der Waals surface area contributed by atoms with Crippen LogP contribution in [-0.4, -0.2) is 47.9 Å². The molecule has 218 valence electrons. The highest BCUT2D eigenvalue weighted by molar-refractivity contribution is 5.92. The maximum atomic E-state index is 13.8. The van der Waals surface area contributed by atoms with Crippen LogP contribution in [0.15, 0.2) is 66.7 Å². The summed E-state index contributed by atoms with van der Waals surface area (Å²) < 4.78 is 27.7. The standard InChI is InChI=1S/C35H38F2N4O/c1-38-31-6-4-5-27(19-31)26-11-13-28(14-12-26)35(15-17-40(18-16-35)33-7-2-3-8-33)41(23-25-9-10-25)24-34(42)39-32-21-29(36)20-30(37)22-32/h4-6,11-14,19-22,25,33H,2-3,7-10,15-18,23-24H2,(H,39,42). The zero-order valence-electron chi connectivity index (χ0n) is 24.0. The normalized spacial score (nSPS) is 19.1. The van der Waals surface area contributed by atoms with E-state index in [2.05, 4.69) is 44.2 Å². The Bertz CT molecular complexity index is 1430. The lowest BCUT2D eigenvalue weighted by atomic mass is 9.78. The van der Waals surface area contributed by atoms with Gasteiger partial charge >= 0.3 is 0 Å². The van der Waals surface area contributed by atoms with Crippen LogP contribution < -0.4 is 5.32 Å². The van der Waals surface area contributed by atoms with Crippen molar-refractivity contribution in [3.63, 3.8) is 0 Å². The molecule has 5 nitrogen and oxygen atoms in total. The molecule has 1 heterocycles. The second-order valence-electron chi connectivity index (χ2n) is 12.3. The summed E-state index contributed by atoms with van der Waals surface area (Å²) in [6, 6.07) is 20.1. The van der Waals surface area contributed by atoms with Crippen molar-refractivity contribution in [3.05, 3.63) is 95.3 Å². The van der Waals surface area contributed by atoms with Crippen LogP contribution in [0.3, 0.4) is 0 Å². The second kappa shape index (κ2) is 12.3. The summed E-state index contributed by atoms with van der Waals surface area (Å²) in [6.45, 7) is 10.3. The molecule has 6 rings (SSSR count). The van der Waals surface area contributed by atoms with Crippen molar-refractivity contribution >= 4 is 17.3 Å². The Kier molecular flexibility index (Phi) is 8.37. The van der Waals surface area contributed by atoms with Gasteiger partial charge in [-0.2, -0.15) is 0 Å². The van der Waals surface area contributed by atoms with Gasteiger partial charge in [0.2, 0.25) is 5.91 Å². The minimum atomic E-state index is -0.710. The number of piperidine rings is 1. The van der Waals surface area contributed by atoms with Gasteiger partial charge < -0.3 is 10.2 Å². The van der Waals surface area contributed by atoms with Crippen LogP contribution in [0.25, 0.3) is 16.0 Å². The molecule has 0 atom stereocenters. The van der Waals surface area contributed by atoms with Crippen molar-refractivity contribution in [2.45, 2.75) is 62.9 Å². The quantitative estimate of drug-likeness (QED) is 0.268. The fraction of sp³-hybridized carbons (Fsp3) is 0.429. The summed E-state index contributed by atoms with van der Waals surface area (Å²) >= 11 is 0. The Morgan fingerprint density at radius 2 is 1.62 bits per heavy atom. The average Bonchev–Trinajstić information content (AvgIpc) is 3.64. The molecule has 0 aromatic heterocycles. The summed E-state index contributed by atoms with van der Waals surface area (Å²) in [5, 5.41) is 2.76. The number of likely N-dealkylation sites (tertiary alicyclic amines) is 1. The van der Waals surface area contributed by atoms with Gasteiger partial charge in [0, 0.05) is 43.0 Å². The number of amides is 1. The Labute approximate surface area is 247 Å². The summed E-state index contributed by atoms with van der Waals surface area (Å²) in [7, 11) is 0. The molecule has 2 saturated carbocycles. The number of nitrogens with one attached hydrogen (secondary N) is 1. The molecule has 3 aliphatic rings. The first-order valence-electron chi connectivity index (χ1n) is 15.3. The fourth-order valence-electron chi connectivity index (χ4n) is 7.05. The smallest absolute Gasteiger partial charge is 0.238 e. The van der Waals surface area contributed by atoms with Crippen LogP contribution in [-0.2, 0) is 10.3 Å². The molecule has 2 aliphatic carbocycles. The van der Waals surface area contributed by atoms with E-state index in [-0.39, 0.29) is 23.7 Å². The van der Waals surface area contributed by atoms with E-state index < -0.39 is 11.6 Å². The van der Waals surface area contributed by atoms with Crippen LogP contribution in [0.4, 0.5) is 20.2 Å². The minimum Gasteiger partial charge on any atom is -0.325 e. The molecule has 3 aromatic rings. The van der Waals surface area contributed by atoms with Gasteiger partial charge in [-0.05, 0) is 79.3 Å². The molecule has 0 bridgehead atoms. The van der Waals surface area contributed by atoms with Gasteiger partial charge in [0.15, 0.2) is 5.69 Å². The largest absolute Gasteiger partial charge is 0.325 e. The van der Waals surface area contributed by atoms with E-state index >= 15 is 0 Å². The Balaban J connectivity index is 1.30. The van der Waals surface area contributed by atoms with E-state index in [9.17, 15) is 13.6 Å². The van der Waals surface area contributed by atoms with Crippen LogP contribution in [0.5, 0.6) is 0 Å². The number of carbonyl (C=O) groups is 1. The molecule has 3 aromatic carbocycles. The number of hydrogen-bond donors (Lipinski definition) is 1. The van der Waals surface area contributed by atoms with E-state index in [1.54, 1.807) is 0 Å². The fourth-order valence-corrected chi connectivity index (χ4v) is 7.05. The van der Waals surface area contributed by atoms with E-state index in [0.29, 0.717) is 17.6 Å². The highest BCUT2D eigenvalue weighted by Gasteiger charge is 2.45. The number of hydrogen-bond acceptors (Lipinski definition) is 3. The molecule has 0 radical (unpaired) electrons. The van der Waals surface area contributed by atoms with E-state index in [1.165, 1.54) is 31.2 Å². The van der Waals surface area contributed by atoms with Crippen LogP contribution in [0, 0.1) is 24.1 Å². The molecule has 0 spiro atoms. The molecular weight excluding hydrogens is 530 g/mol. The minimum absolute atomic E-state index is 0.139. The highest BCUT2D eigenvalue weighted by Crippen LogP contribution is 2.44. The first-order valence-corrected chi connectivity index (χ1v) is 15.3. The van der Waals surface area contributed by atoms with E-state index in [4.69, 9.17) is 6.57 Å². The molecule has 7 heteroatoms. The first kappa shape index (κ1) is 28.5. The molecule has 42 heavy (non-hydrogen) atoms. The van der Waals surface area contributed by atoms with Gasteiger partial charge in [-0.3, -0.25) is 9.69 Å². The summed E-state index contributed by atoms with van der Waals surface area (Å²) in [5.41, 5.74) is 3.70. The lowest BCUT2D eigenvalue weighted by Crippen LogP contribution is -2.56. The van der Waals surface area contributed by atoms with Crippen LogP contribution in [0.2, 0.25) is 0 Å². The van der Waals surface area contributed by atoms with Gasteiger partial charge in [0.05, 0.1) is 13.1 Å². The summed E-state index contributed by atoms with van der Waals surface area (Å²) in [6.07, 6.45) is 9.30. The zero-order valence-corrected chi connectivity index (χ0v) is 24.0. The second-order valence-corrected chi connectivity index (χ2v) is 12.3. The third-order valence-corrected chi connectivity index (χ3v) is 9.46. The highest BCUT2D eigenvalue weighted by atomic mass is 19.1. The molecule has 1 N–H and O–H groups in total. The molecule has 1 amide bonds. The van der Waals surface area contributed by atoms with E-state index in [1.807, 2.05) is 24.3 Å². The predicted octanol–water partition coefficient (Wildman–Crippen LogP) is 7.77. The number of carbonyl (C=O) groups excluding carboxylic acids is 1. The molecule has 3 fully saturated rings. The monoisotopic (exact) mass is 568 g/mol. The molecule has 1 saturated heterocycles. The van der Waals surface area contributed by atoms with Gasteiger partial charge in [-0.15, -0.1) is 0 Å². The number of anilines is 1. The van der Waals surface area contributed by atoms with Crippen molar-refractivity contribution in [2.75, 3.05) is 31.5 Å². The number of halogens is 2. The van der Waals surface area contributed by atoms with Crippen molar-refractivity contribution in [1.82, 2.24) is 9.80 Å². The van der Waals surface area contributed by atoms with Crippen molar-refractivity contribution < 1.29 is 13.6 Å². The van der Waals surface area contributed by atoms with Gasteiger partial charge in [0.1, 0.15) is 11.6 Å². The van der Waals surface area contributed by atoms with Crippen LogP contribution in [0.1, 0.15) is 56.9 Å². The molecular formula is C35H38F2N4O. The zero-order chi connectivity index (χ0) is 29.1. The Morgan fingerprint density at radius 3 is 2.26 bits per heavy atom. The number of nitrogens with zero attached hydrogens (tertiary/aromatic N) is 3. The van der Waals surface area contributed by atoms with Crippen LogP contribution >= 0.6 is 0 Å². The van der Waals surface area contributed by atoms with Crippen molar-refractivity contribution in [3.8, 4) is 11.1 Å². The van der Waals surface area contributed by atoms with E-state index in [0.717, 1.165) is 74.6 Å².